The van der Waals surface area contributed by atoms with Crippen molar-refractivity contribution < 1.29 is 16.4 Å². The second-order valence-electron chi connectivity index (χ2n) is 13.4. The van der Waals surface area contributed by atoms with Gasteiger partial charge >= 0.3 is 0 Å². The molecule has 0 atom stereocenters. The second-order valence-corrected chi connectivity index (χ2v) is 13.4. The summed E-state index contributed by atoms with van der Waals surface area (Å²) in [6.45, 7) is 0. The van der Waals surface area contributed by atoms with Gasteiger partial charge in [-0.05, 0) is 144 Å². The fourth-order valence-corrected chi connectivity index (χ4v) is 8.44. The van der Waals surface area contributed by atoms with Crippen molar-refractivity contribution in [2.75, 3.05) is 0 Å². The molecular weight excluding hydrogens is 625 g/mol. The van der Waals surface area contributed by atoms with Crippen LogP contribution < -0.4 is 0 Å². The van der Waals surface area contributed by atoms with Crippen molar-refractivity contribution in [1.82, 2.24) is 0 Å². The van der Waals surface area contributed by atoms with Crippen molar-refractivity contribution in [2.45, 2.75) is 0 Å². The average Bonchev–Trinajstić information content (AvgIpc) is 3.30. The van der Waals surface area contributed by atoms with E-state index in [1.165, 1.54) is 0 Å². The fourth-order valence-electron chi connectivity index (χ4n) is 8.44. The Labute approximate surface area is 317 Å². The van der Waals surface area contributed by atoms with Crippen molar-refractivity contribution in [3.63, 3.8) is 0 Å². The maximum atomic E-state index is 10.3. The van der Waals surface area contributed by atoms with Gasteiger partial charge in [0.1, 0.15) is 0 Å². The average molecular weight is 667 g/mol. The molecule has 0 nitrogen and oxygen atoms in total. The highest BCUT2D eigenvalue weighted by molar-refractivity contribution is 6.27. The number of rotatable bonds is 3. The van der Waals surface area contributed by atoms with E-state index in [0.717, 1.165) is 53.9 Å². The molecule has 0 aliphatic carbocycles. The summed E-state index contributed by atoms with van der Waals surface area (Å²) in [6, 6.07) is 29.5. The Morgan fingerprint density at radius 3 is 1.29 bits per heavy atom. The summed E-state index contributed by atoms with van der Waals surface area (Å²) in [7, 11) is 0. The van der Waals surface area contributed by atoms with Crippen LogP contribution in [0.3, 0.4) is 0 Å². The lowest BCUT2D eigenvalue weighted by molar-refractivity contribution is 1.64. The Hall–Kier alpha value is -6.76. The van der Waals surface area contributed by atoms with Crippen LogP contribution in [0.25, 0.3) is 120 Å². The Bertz CT molecular complexity index is 4070. The molecule has 238 valence electrons. The number of hydrogen-bond donors (Lipinski definition) is 0. The zero-order valence-electron chi connectivity index (χ0n) is 39.4. The summed E-state index contributed by atoms with van der Waals surface area (Å²) < 4.78 is 112. The van der Waals surface area contributed by atoms with Gasteiger partial charge in [-0.15, -0.1) is 0 Å². The molecule has 12 aromatic rings. The monoisotopic (exact) mass is 666 g/mol. The minimum absolute atomic E-state index is 0.0376. The summed E-state index contributed by atoms with van der Waals surface area (Å²) in [5, 5.41) is 10.2. The summed E-state index contributed by atoms with van der Waals surface area (Å²) in [5.74, 6) is 0. The molecular formula is C52H30. The molecule has 0 amide bonds. The number of fused-ring (bicyclic) bond motifs is 2. The molecule has 0 bridgehead atoms. The van der Waals surface area contributed by atoms with Gasteiger partial charge in [0.15, 0.2) is 0 Å². The van der Waals surface area contributed by atoms with Crippen LogP contribution in [-0.2, 0) is 0 Å². The van der Waals surface area contributed by atoms with Gasteiger partial charge in [-0.25, -0.2) is 0 Å². The third kappa shape index (κ3) is 3.87. The topological polar surface area (TPSA) is 0 Å². The van der Waals surface area contributed by atoms with E-state index in [9.17, 15) is 8.22 Å². The standard InChI is InChI=1S/C52H30/c1-2-8-38-29-48(43-24-20-36-18-16-32-11-6-13-34-22-26-45(43)52(36)50(32)34)46(28-37(38)7-1)40-27-39-9-3-4-14-41(39)47(30-40)42-23-19-35-17-15-31-10-5-12-33-21-25-44(42)51(35)49(31)33/h1-30H/i1D,2D,3D,4D,7D,8D,9D,14D,27D,28D,29D,30D. The lowest BCUT2D eigenvalue weighted by atomic mass is 9.84. The Morgan fingerprint density at radius 1 is 0.269 bits per heavy atom. The van der Waals surface area contributed by atoms with Crippen LogP contribution in [0.1, 0.15) is 16.4 Å². The molecule has 0 radical (unpaired) electrons. The van der Waals surface area contributed by atoms with E-state index in [4.69, 9.17) is 8.22 Å². The molecule has 0 N–H and O–H groups in total. The fraction of sp³-hybridized carbons (Fsp3) is 0. The minimum Gasteiger partial charge on any atom is -0.0616 e. The van der Waals surface area contributed by atoms with E-state index in [-0.39, 0.29) is 55.9 Å². The molecule has 0 fully saturated rings. The van der Waals surface area contributed by atoms with Gasteiger partial charge in [0.25, 0.3) is 0 Å². The summed E-state index contributed by atoms with van der Waals surface area (Å²) >= 11 is 0. The van der Waals surface area contributed by atoms with Gasteiger partial charge in [0.05, 0.1) is 16.4 Å². The third-order valence-corrected chi connectivity index (χ3v) is 10.7. The highest BCUT2D eigenvalue weighted by Crippen LogP contribution is 2.46. The highest BCUT2D eigenvalue weighted by Gasteiger charge is 2.19. The van der Waals surface area contributed by atoms with Crippen molar-refractivity contribution in [2.24, 2.45) is 0 Å². The van der Waals surface area contributed by atoms with Gasteiger partial charge in [0.2, 0.25) is 0 Å². The Kier molecular flexibility index (Phi) is 3.80. The van der Waals surface area contributed by atoms with Crippen LogP contribution in [0.4, 0.5) is 0 Å². The van der Waals surface area contributed by atoms with E-state index in [2.05, 4.69) is 0 Å². The van der Waals surface area contributed by atoms with E-state index >= 15 is 0 Å². The third-order valence-electron chi connectivity index (χ3n) is 10.7. The first-order valence-electron chi connectivity index (χ1n) is 23.2. The molecule has 12 rings (SSSR count). The van der Waals surface area contributed by atoms with Gasteiger partial charge < -0.3 is 0 Å². The largest absolute Gasteiger partial charge is 0.0636 e. The molecule has 0 saturated carbocycles. The van der Waals surface area contributed by atoms with Crippen LogP contribution in [0, 0.1) is 0 Å². The highest BCUT2D eigenvalue weighted by atomic mass is 14.2. The lowest BCUT2D eigenvalue weighted by Crippen LogP contribution is -1.92. The molecule has 12 aromatic carbocycles. The first kappa shape index (κ1) is 19.0. The van der Waals surface area contributed by atoms with E-state index in [0.29, 0.717) is 21.9 Å². The van der Waals surface area contributed by atoms with E-state index < -0.39 is 60.4 Å². The normalized spacial score (nSPS) is 15.5. The second kappa shape index (κ2) is 10.4. The van der Waals surface area contributed by atoms with Crippen LogP contribution in [0.5, 0.6) is 0 Å². The molecule has 0 heterocycles. The van der Waals surface area contributed by atoms with Crippen molar-refractivity contribution >= 4 is 86.2 Å². The molecule has 0 unspecified atom stereocenters. The summed E-state index contributed by atoms with van der Waals surface area (Å²) in [4.78, 5) is 0. The lowest BCUT2D eigenvalue weighted by Gasteiger charge is -2.19. The van der Waals surface area contributed by atoms with Crippen molar-refractivity contribution in [1.29, 1.82) is 0 Å². The zero-order chi connectivity index (χ0) is 44.4. The van der Waals surface area contributed by atoms with Crippen molar-refractivity contribution in [3.8, 4) is 33.4 Å². The Balaban J connectivity index is 1.32. The summed E-state index contributed by atoms with van der Waals surface area (Å²) in [6.07, 6.45) is 0. The van der Waals surface area contributed by atoms with Crippen LogP contribution in [0.2, 0.25) is 0 Å². The molecule has 52 heavy (non-hydrogen) atoms. The first-order valence-corrected chi connectivity index (χ1v) is 17.2. The van der Waals surface area contributed by atoms with Gasteiger partial charge in [0, 0.05) is 0 Å². The first-order chi connectivity index (χ1) is 30.8. The smallest absolute Gasteiger partial charge is 0.0616 e. The molecule has 0 saturated heterocycles. The SMILES string of the molecule is [2H]c1c([2H])c([2H])c2c([2H])c(-c3ccc4ccc5cccc6ccc3c4c56)c(-c3c([2H])c(-c4ccc5ccc6cccc7ccc4c5c67)c4c([2H])c([2H])c([2H])c([2H])c4c3[2H])c([2H])c2c1[2H]. The summed E-state index contributed by atoms with van der Waals surface area (Å²) in [5.41, 5.74) is 0.744. The van der Waals surface area contributed by atoms with Gasteiger partial charge in [-0.2, -0.15) is 0 Å². The number of hydrogen-bond acceptors (Lipinski definition) is 0. The van der Waals surface area contributed by atoms with Crippen molar-refractivity contribution in [3.05, 3.63) is 182 Å². The quantitative estimate of drug-likeness (QED) is 0.165. The van der Waals surface area contributed by atoms with Crippen LogP contribution in [-0.4, -0.2) is 0 Å². The van der Waals surface area contributed by atoms with Crippen LogP contribution >= 0.6 is 0 Å². The zero-order valence-corrected chi connectivity index (χ0v) is 27.4. The molecule has 0 spiro atoms. The van der Waals surface area contributed by atoms with Gasteiger partial charge in [-0.3, -0.25) is 0 Å². The van der Waals surface area contributed by atoms with Gasteiger partial charge in [-0.1, -0.05) is 158 Å². The number of benzene rings is 12. The molecule has 0 aliphatic heterocycles. The maximum absolute atomic E-state index is 10.3. The van der Waals surface area contributed by atoms with Crippen LogP contribution in [0.15, 0.2) is 182 Å². The molecule has 0 aromatic heterocycles. The molecule has 0 aliphatic rings. The predicted molar refractivity (Wildman–Crippen MR) is 225 cm³/mol. The Morgan fingerprint density at radius 2 is 0.712 bits per heavy atom. The maximum Gasteiger partial charge on any atom is 0.0636 e. The molecule has 0 heteroatoms. The van der Waals surface area contributed by atoms with E-state index in [1.54, 1.807) is 6.07 Å². The van der Waals surface area contributed by atoms with E-state index in [1.807, 2.05) is 103 Å². The minimum atomic E-state index is -0.606. The predicted octanol–water partition coefficient (Wildman–Crippen LogP) is 14.8.